The highest BCUT2D eigenvalue weighted by Crippen LogP contribution is 2.30. The van der Waals surface area contributed by atoms with E-state index in [2.05, 4.69) is 4.98 Å². The Kier molecular flexibility index (Phi) is 4.01. The maximum absolute atomic E-state index is 12.7. The minimum absolute atomic E-state index is 0.0115. The number of nitrogens with one attached hydrogen (secondary N) is 1. The average Bonchev–Trinajstić information content (AvgIpc) is 2.47. The van der Waals surface area contributed by atoms with Crippen molar-refractivity contribution in [2.75, 3.05) is 12.4 Å². The third-order valence-electron chi connectivity index (χ3n) is 3.12. The topological polar surface area (TPSA) is 106 Å². The Morgan fingerprint density at radius 1 is 1.19 bits per heavy atom. The fraction of sp³-hybridized carbons (Fsp3) is 0.133. The van der Waals surface area contributed by atoms with Crippen molar-refractivity contribution in [3.05, 3.63) is 51.3 Å². The van der Waals surface area contributed by atoms with Crippen LogP contribution in [0.3, 0.4) is 0 Å². The summed E-state index contributed by atoms with van der Waals surface area (Å²) in [6.45, 7) is -0.584. The van der Waals surface area contributed by atoms with Crippen LogP contribution in [-0.4, -0.2) is 11.7 Å². The molecule has 0 unspecified atom stereocenters. The van der Waals surface area contributed by atoms with Crippen molar-refractivity contribution in [1.29, 1.82) is 10.5 Å². The van der Waals surface area contributed by atoms with Gasteiger partial charge in [-0.3, -0.25) is 9.18 Å². The molecule has 1 heterocycles. The molecule has 2 aromatic rings. The number of rotatable bonds is 3. The number of hydrogen-bond acceptors (Lipinski definition) is 4. The summed E-state index contributed by atoms with van der Waals surface area (Å²) in [4.78, 5) is 14.1. The molecular weight excluding hydrogens is 271 g/mol. The second kappa shape index (κ2) is 5.89. The number of benzene rings is 1. The zero-order valence-corrected chi connectivity index (χ0v) is 11.0. The van der Waals surface area contributed by atoms with Crippen molar-refractivity contribution in [3.8, 4) is 23.3 Å². The first-order chi connectivity index (χ1) is 10.1. The highest BCUT2D eigenvalue weighted by atomic mass is 19.1. The van der Waals surface area contributed by atoms with Gasteiger partial charge in [0.2, 0.25) is 0 Å². The van der Waals surface area contributed by atoms with Gasteiger partial charge in [-0.25, -0.2) is 0 Å². The number of anilines is 1. The number of nitrogen functional groups attached to an aromatic ring is 1. The third kappa shape index (κ3) is 2.47. The van der Waals surface area contributed by atoms with Gasteiger partial charge in [-0.1, -0.05) is 24.3 Å². The molecule has 2 rings (SSSR count). The van der Waals surface area contributed by atoms with Gasteiger partial charge in [0.05, 0.1) is 6.67 Å². The van der Waals surface area contributed by atoms with Crippen LogP contribution in [0.15, 0.2) is 29.1 Å². The molecule has 0 spiro atoms. The first kappa shape index (κ1) is 14.3. The van der Waals surface area contributed by atoms with Gasteiger partial charge in [-0.15, -0.1) is 0 Å². The fourth-order valence-corrected chi connectivity index (χ4v) is 2.20. The van der Waals surface area contributed by atoms with Crippen molar-refractivity contribution in [2.24, 2.45) is 0 Å². The number of alkyl halides is 1. The predicted octanol–water partition coefficient (Wildman–Crippen LogP) is 1.88. The molecule has 0 radical (unpaired) electrons. The number of nitrogens with zero attached hydrogens (tertiary/aromatic N) is 2. The van der Waals surface area contributed by atoms with E-state index < -0.39 is 12.2 Å². The van der Waals surface area contributed by atoms with Gasteiger partial charge < -0.3 is 10.7 Å². The molecule has 0 saturated heterocycles. The normalized spacial score (nSPS) is 9.86. The molecule has 0 fully saturated rings. The summed E-state index contributed by atoms with van der Waals surface area (Å²) in [6.07, 6.45) is 0.124. The number of aromatic nitrogens is 1. The standard InChI is InChI=1S/C15H11FN4O/c16-6-5-9-3-1-2-4-10(9)13-11(7-17)14(19)20-15(21)12(13)8-18/h1-4H,5-6H2,(H3,19,20,21). The molecule has 6 heteroatoms. The molecule has 1 aromatic carbocycles. The van der Waals surface area contributed by atoms with E-state index in [1.54, 1.807) is 30.3 Å². The van der Waals surface area contributed by atoms with E-state index in [9.17, 15) is 19.7 Å². The van der Waals surface area contributed by atoms with Gasteiger partial charge in [0, 0.05) is 12.0 Å². The minimum atomic E-state index is -0.668. The van der Waals surface area contributed by atoms with Gasteiger partial charge in [0.15, 0.2) is 0 Å². The van der Waals surface area contributed by atoms with Crippen LogP contribution in [-0.2, 0) is 6.42 Å². The van der Waals surface area contributed by atoms with Crippen LogP contribution in [0.4, 0.5) is 10.2 Å². The number of H-pyrrole nitrogens is 1. The fourth-order valence-electron chi connectivity index (χ4n) is 2.20. The highest BCUT2D eigenvalue weighted by Gasteiger charge is 2.19. The predicted molar refractivity (Wildman–Crippen MR) is 76.0 cm³/mol. The number of pyridine rings is 1. The number of nitrogens with two attached hydrogens (primary N) is 1. The first-order valence-electron chi connectivity index (χ1n) is 6.14. The number of nitriles is 2. The summed E-state index contributed by atoms with van der Waals surface area (Å²) in [5.74, 6) is -0.105. The van der Waals surface area contributed by atoms with E-state index >= 15 is 0 Å². The molecule has 1 aromatic heterocycles. The Bertz CT molecular complexity index is 827. The number of halogens is 1. The number of aryl methyl sites for hydroxylation is 1. The van der Waals surface area contributed by atoms with Crippen LogP contribution in [0.25, 0.3) is 11.1 Å². The first-order valence-corrected chi connectivity index (χ1v) is 6.14. The van der Waals surface area contributed by atoms with Gasteiger partial charge in [-0.2, -0.15) is 10.5 Å². The van der Waals surface area contributed by atoms with Gasteiger partial charge in [0.1, 0.15) is 29.1 Å². The van der Waals surface area contributed by atoms with E-state index in [-0.39, 0.29) is 28.9 Å². The Morgan fingerprint density at radius 3 is 2.48 bits per heavy atom. The monoisotopic (exact) mass is 282 g/mol. The molecule has 0 amide bonds. The van der Waals surface area contributed by atoms with E-state index in [1.165, 1.54) is 0 Å². The summed E-state index contributed by atoms with van der Waals surface area (Å²) in [7, 11) is 0. The lowest BCUT2D eigenvalue weighted by molar-refractivity contribution is 0.495. The molecule has 0 aliphatic rings. The third-order valence-corrected chi connectivity index (χ3v) is 3.12. The molecule has 5 nitrogen and oxygen atoms in total. The number of aromatic amines is 1. The molecule has 0 saturated carbocycles. The molecule has 0 bridgehead atoms. The summed E-state index contributed by atoms with van der Waals surface area (Å²) in [5, 5.41) is 18.5. The number of hydrogen-bond donors (Lipinski definition) is 2. The summed E-state index contributed by atoms with van der Waals surface area (Å²) in [6, 6.07) is 10.4. The summed E-state index contributed by atoms with van der Waals surface area (Å²) >= 11 is 0. The van der Waals surface area contributed by atoms with Crippen molar-refractivity contribution in [2.45, 2.75) is 6.42 Å². The van der Waals surface area contributed by atoms with Crippen LogP contribution >= 0.6 is 0 Å². The van der Waals surface area contributed by atoms with E-state index in [1.807, 2.05) is 6.07 Å². The molecule has 3 N–H and O–H groups in total. The second-order valence-corrected chi connectivity index (χ2v) is 4.31. The van der Waals surface area contributed by atoms with Crippen molar-refractivity contribution in [1.82, 2.24) is 4.98 Å². The smallest absolute Gasteiger partial charge is 0.268 e. The van der Waals surface area contributed by atoms with Crippen molar-refractivity contribution >= 4 is 5.82 Å². The Balaban J connectivity index is 2.90. The molecular formula is C15H11FN4O. The average molecular weight is 282 g/mol. The Morgan fingerprint density at radius 2 is 1.86 bits per heavy atom. The molecule has 21 heavy (non-hydrogen) atoms. The molecule has 0 aliphatic carbocycles. The lowest BCUT2D eigenvalue weighted by Crippen LogP contribution is -2.16. The maximum Gasteiger partial charge on any atom is 0.268 e. The van der Waals surface area contributed by atoms with Gasteiger partial charge >= 0.3 is 0 Å². The van der Waals surface area contributed by atoms with Gasteiger partial charge in [0.25, 0.3) is 5.56 Å². The summed E-state index contributed by atoms with van der Waals surface area (Å²) < 4.78 is 12.7. The quantitative estimate of drug-likeness (QED) is 0.896. The van der Waals surface area contributed by atoms with Crippen molar-refractivity contribution in [3.63, 3.8) is 0 Å². The van der Waals surface area contributed by atoms with Crippen molar-refractivity contribution < 1.29 is 4.39 Å². The zero-order valence-electron chi connectivity index (χ0n) is 11.0. The Labute approximate surface area is 120 Å². The van der Waals surface area contributed by atoms with Crippen LogP contribution in [0, 0.1) is 22.7 Å². The van der Waals surface area contributed by atoms with E-state index in [0.29, 0.717) is 11.1 Å². The van der Waals surface area contributed by atoms with Crippen LogP contribution in [0.5, 0.6) is 0 Å². The molecule has 0 atom stereocenters. The SMILES string of the molecule is N#Cc1c(N)[nH]c(=O)c(C#N)c1-c1ccccc1CCF. The highest BCUT2D eigenvalue weighted by molar-refractivity contribution is 5.81. The van der Waals surface area contributed by atoms with E-state index in [0.717, 1.165) is 0 Å². The lowest BCUT2D eigenvalue weighted by atomic mass is 9.92. The molecule has 104 valence electrons. The van der Waals surface area contributed by atoms with Gasteiger partial charge in [-0.05, 0) is 11.1 Å². The Hall–Kier alpha value is -3.12. The molecule has 0 aliphatic heterocycles. The second-order valence-electron chi connectivity index (χ2n) is 4.31. The largest absolute Gasteiger partial charge is 0.384 e. The minimum Gasteiger partial charge on any atom is -0.384 e. The van der Waals surface area contributed by atoms with Crippen LogP contribution in [0.2, 0.25) is 0 Å². The zero-order chi connectivity index (χ0) is 15.4. The van der Waals surface area contributed by atoms with Crippen LogP contribution in [0.1, 0.15) is 16.7 Å². The lowest BCUT2D eigenvalue weighted by Gasteiger charge is -2.12. The van der Waals surface area contributed by atoms with E-state index in [4.69, 9.17) is 5.73 Å². The maximum atomic E-state index is 12.7. The summed E-state index contributed by atoms with van der Waals surface area (Å²) in [5.41, 5.74) is 6.04. The van der Waals surface area contributed by atoms with Crippen LogP contribution < -0.4 is 11.3 Å².